The molecule has 0 aromatic heterocycles. The van der Waals surface area contributed by atoms with Crippen molar-refractivity contribution in [1.82, 2.24) is 0 Å². The molecule has 0 amide bonds. The summed E-state index contributed by atoms with van der Waals surface area (Å²) in [6.07, 6.45) is -0.0803. The molecule has 0 aliphatic rings. The van der Waals surface area contributed by atoms with Crippen molar-refractivity contribution in [2.24, 2.45) is 0 Å². The van der Waals surface area contributed by atoms with Crippen LogP contribution in [0.15, 0.2) is 48.5 Å². The van der Waals surface area contributed by atoms with Gasteiger partial charge in [-0.1, -0.05) is 30.3 Å². The van der Waals surface area contributed by atoms with Crippen LogP contribution in [0.3, 0.4) is 0 Å². The van der Waals surface area contributed by atoms with Gasteiger partial charge in [-0.3, -0.25) is 0 Å². The van der Waals surface area contributed by atoms with Crippen molar-refractivity contribution in [3.63, 3.8) is 0 Å². The van der Waals surface area contributed by atoms with Crippen molar-refractivity contribution in [1.29, 1.82) is 0 Å². The number of rotatable bonds is 7. The monoisotopic (exact) mass is 290 g/mol. The minimum atomic E-state index is -0.427. The smallest absolute Gasteiger partial charge is 0.126 e. The maximum Gasteiger partial charge on any atom is 0.126 e. The molecule has 3 nitrogen and oxygen atoms in total. The Labute approximate surface area is 124 Å². The first-order valence-electron chi connectivity index (χ1n) is 6.81. The van der Waals surface area contributed by atoms with E-state index in [1.54, 1.807) is 25.3 Å². The van der Waals surface area contributed by atoms with E-state index < -0.39 is 6.10 Å². The second-order valence-corrected chi connectivity index (χ2v) is 4.76. The SMILES string of the molecule is COc1ccc(COC(CO)Cc2ccccc2F)cc1. The maximum absolute atomic E-state index is 13.6. The van der Waals surface area contributed by atoms with Crippen molar-refractivity contribution in [3.8, 4) is 5.75 Å². The summed E-state index contributed by atoms with van der Waals surface area (Å²) in [6.45, 7) is 0.216. The normalized spacial score (nSPS) is 12.1. The average molecular weight is 290 g/mol. The lowest BCUT2D eigenvalue weighted by Gasteiger charge is -2.16. The summed E-state index contributed by atoms with van der Waals surface area (Å²) in [6, 6.07) is 14.0. The molecule has 1 N–H and O–H groups in total. The Bertz CT molecular complexity index is 554. The predicted molar refractivity (Wildman–Crippen MR) is 78.8 cm³/mol. The summed E-state index contributed by atoms with van der Waals surface area (Å²) >= 11 is 0. The van der Waals surface area contributed by atoms with Gasteiger partial charge in [0.15, 0.2) is 0 Å². The van der Waals surface area contributed by atoms with Crippen LogP contribution in [0.4, 0.5) is 4.39 Å². The number of ether oxygens (including phenoxy) is 2. The summed E-state index contributed by atoms with van der Waals surface area (Å²) in [5.74, 6) is 0.507. The molecule has 0 aliphatic heterocycles. The van der Waals surface area contributed by atoms with Gasteiger partial charge >= 0.3 is 0 Å². The first-order valence-corrected chi connectivity index (χ1v) is 6.81. The molecule has 112 valence electrons. The summed E-state index contributed by atoms with van der Waals surface area (Å²) < 4.78 is 24.3. The molecular formula is C17H19FO3. The third-order valence-corrected chi connectivity index (χ3v) is 3.25. The molecule has 0 radical (unpaired) electrons. The lowest BCUT2D eigenvalue weighted by Crippen LogP contribution is -2.21. The largest absolute Gasteiger partial charge is 0.497 e. The van der Waals surface area contributed by atoms with Crippen LogP contribution in [0.25, 0.3) is 0 Å². The third kappa shape index (κ3) is 4.55. The van der Waals surface area contributed by atoms with E-state index >= 15 is 0 Å². The molecule has 0 fully saturated rings. The zero-order valence-corrected chi connectivity index (χ0v) is 12.0. The van der Waals surface area contributed by atoms with Crippen molar-refractivity contribution in [2.45, 2.75) is 19.1 Å². The van der Waals surface area contributed by atoms with Crippen LogP contribution in [0, 0.1) is 5.82 Å². The Morgan fingerprint density at radius 3 is 2.43 bits per heavy atom. The number of methoxy groups -OCH3 is 1. The van der Waals surface area contributed by atoms with Crippen LogP contribution in [0.1, 0.15) is 11.1 Å². The van der Waals surface area contributed by atoms with Gasteiger partial charge in [-0.2, -0.15) is 0 Å². The van der Waals surface area contributed by atoms with Crippen LogP contribution < -0.4 is 4.74 Å². The number of benzene rings is 2. The molecule has 0 heterocycles. The summed E-state index contributed by atoms with van der Waals surface area (Å²) in [5.41, 5.74) is 1.52. The minimum absolute atomic E-state index is 0.148. The zero-order chi connectivity index (χ0) is 15.1. The lowest BCUT2D eigenvalue weighted by molar-refractivity contribution is 0.00273. The highest BCUT2D eigenvalue weighted by Crippen LogP contribution is 2.15. The number of aliphatic hydroxyl groups is 1. The molecule has 2 aromatic rings. The zero-order valence-electron chi connectivity index (χ0n) is 12.0. The topological polar surface area (TPSA) is 38.7 Å². The molecule has 1 atom stereocenters. The van der Waals surface area contributed by atoms with E-state index in [4.69, 9.17) is 9.47 Å². The summed E-state index contributed by atoms with van der Waals surface area (Å²) in [5, 5.41) is 9.37. The second kappa shape index (κ2) is 7.76. The Kier molecular flexibility index (Phi) is 5.72. The van der Waals surface area contributed by atoms with Gasteiger partial charge in [-0.15, -0.1) is 0 Å². The van der Waals surface area contributed by atoms with E-state index in [2.05, 4.69) is 0 Å². The molecule has 0 spiro atoms. The molecule has 4 heteroatoms. The van der Waals surface area contributed by atoms with E-state index in [1.165, 1.54) is 6.07 Å². The molecule has 1 unspecified atom stereocenters. The van der Waals surface area contributed by atoms with Gasteiger partial charge in [0.2, 0.25) is 0 Å². The highest BCUT2D eigenvalue weighted by atomic mass is 19.1. The van der Waals surface area contributed by atoms with Gasteiger partial charge in [0.1, 0.15) is 11.6 Å². The van der Waals surface area contributed by atoms with Crippen molar-refractivity contribution < 1.29 is 19.0 Å². The van der Waals surface area contributed by atoms with E-state index in [0.29, 0.717) is 18.6 Å². The highest BCUT2D eigenvalue weighted by molar-refractivity contribution is 5.26. The van der Waals surface area contributed by atoms with Gasteiger partial charge in [0, 0.05) is 6.42 Å². The molecule has 0 bridgehead atoms. The molecule has 21 heavy (non-hydrogen) atoms. The number of halogens is 1. The van der Waals surface area contributed by atoms with E-state index in [9.17, 15) is 9.50 Å². The van der Waals surface area contributed by atoms with Gasteiger partial charge in [0.05, 0.1) is 26.4 Å². The Morgan fingerprint density at radius 2 is 1.81 bits per heavy atom. The number of aliphatic hydroxyl groups excluding tert-OH is 1. The fourth-order valence-corrected chi connectivity index (χ4v) is 2.02. The molecular weight excluding hydrogens is 271 g/mol. The van der Waals surface area contributed by atoms with Crippen molar-refractivity contribution >= 4 is 0 Å². The first kappa shape index (κ1) is 15.5. The third-order valence-electron chi connectivity index (χ3n) is 3.25. The Hall–Kier alpha value is -1.91. The van der Waals surface area contributed by atoms with Crippen LogP contribution >= 0.6 is 0 Å². The van der Waals surface area contributed by atoms with Gasteiger partial charge in [0.25, 0.3) is 0 Å². The molecule has 0 saturated heterocycles. The quantitative estimate of drug-likeness (QED) is 0.852. The number of hydrogen-bond acceptors (Lipinski definition) is 3. The average Bonchev–Trinajstić information content (AvgIpc) is 2.53. The van der Waals surface area contributed by atoms with Gasteiger partial charge < -0.3 is 14.6 Å². The molecule has 0 aliphatic carbocycles. The van der Waals surface area contributed by atoms with Crippen molar-refractivity contribution in [3.05, 3.63) is 65.5 Å². The van der Waals surface area contributed by atoms with Crippen LogP contribution in [0.5, 0.6) is 5.75 Å². The van der Waals surface area contributed by atoms with Crippen molar-refractivity contribution in [2.75, 3.05) is 13.7 Å². The first-order chi connectivity index (χ1) is 10.2. The van der Waals surface area contributed by atoms with Crippen LogP contribution in [-0.4, -0.2) is 24.9 Å². The lowest BCUT2D eigenvalue weighted by atomic mass is 10.1. The summed E-state index contributed by atoms with van der Waals surface area (Å²) in [4.78, 5) is 0. The minimum Gasteiger partial charge on any atom is -0.497 e. The van der Waals surface area contributed by atoms with Gasteiger partial charge in [-0.05, 0) is 29.3 Å². The van der Waals surface area contributed by atoms with E-state index in [-0.39, 0.29) is 12.4 Å². The summed E-state index contributed by atoms with van der Waals surface area (Å²) in [7, 11) is 1.61. The van der Waals surface area contributed by atoms with Crippen LogP contribution in [-0.2, 0) is 17.8 Å². The molecule has 2 aromatic carbocycles. The van der Waals surface area contributed by atoms with E-state index in [1.807, 2.05) is 24.3 Å². The fourth-order valence-electron chi connectivity index (χ4n) is 2.02. The Balaban J connectivity index is 1.91. The predicted octanol–water partition coefficient (Wildman–Crippen LogP) is 2.95. The van der Waals surface area contributed by atoms with Crippen LogP contribution in [0.2, 0.25) is 0 Å². The fraction of sp³-hybridized carbons (Fsp3) is 0.294. The van der Waals surface area contributed by atoms with E-state index in [0.717, 1.165) is 11.3 Å². The highest BCUT2D eigenvalue weighted by Gasteiger charge is 2.12. The number of hydrogen-bond donors (Lipinski definition) is 1. The maximum atomic E-state index is 13.6. The molecule has 0 saturated carbocycles. The molecule has 2 rings (SSSR count). The second-order valence-electron chi connectivity index (χ2n) is 4.76. The van der Waals surface area contributed by atoms with Gasteiger partial charge in [-0.25, -0.2) is 4.39 Å². The Morgan fingerprint density at radius 1 is 1.10 bits per heavy atom. The standard InChI is InChI=1S/C17H19FO3/c1-20-15-8-6-13(7-9-15)12-21-16(11-19)10-14-4-2-3-5-17(14)18/h2-9,16,19H,10-12H2,1H3.